The second-order valence-corrected chi connectivity index (χ2v) is 8.60. The van der Waals surface area contributed by atoms with Crippen LogP contribution in [-0.2, 0) is 16.1 Å². The van der Waals surface area contributed by atoms with Gasteiger partial charge in [-0.05, 0) is 43.3 Å². The molecule has 0 atom stereocenters. The van der Waals surface area contributed by atoms with E-state index in [2.05, 4.69) is 27.2 Å². The molecule has 3 aromatic rings. The molecular formula is C25H25F2N5O3. The fourth-order valence-corrected chi connectivity index (χ4v) is 3.93. The average molecular weight is 482 g/mol. The summed E-state index contributed by atoms with van der Waals surface area (Å²) in [6.07, 6.45) is 4.69. The number of rotatable bonds is 9. The molecule has 0 aliphatic heterocycles. The lowest BCUT2D eigenvalue weighted by Crippen LogP contribution is -2.37. The number of benzene rings is 1. The van der Waals surface area contributed by atoms with Crippen molar-refractivity contribution in [3.8, 4) is 0 Å². The minimum Gasteiger partial charge on any atom is -0.394 e. The van der Waals surface area contributed by atoms with Crippen LogP contribution in [0.1, 0.15) is 46.4 Å². The molecule has 1 fully saturated rings. The van der Waals surface area contributed by atoms with E-state index in [4.69, 9.17) is 4.84 Å². The summed E-state index contributed by atoms with van der Waals surface area (Å²) in [5.41, 5.74) is 3.77. The third-order valence-electron chi connectivity index (χ3n) is 5.88. The van der Waals surface area contributed by atoms with Gasteiger partial charge in [0.2, 0.25) is 5.92 Å². The van der Waals surface area contributed by atoms with Crippen molar-refractivity contribution in [2.75, 3.05) is 11.9 Å². The van der Waals surface area contributed by atoms with Gasteiger partial charge >= 0.3 is 0 Å². The number of aromatic nitrogens is 2. The van der Waals surface area contributed by atoms with Gasteiger partial charge in [0.25, 0.3) is 5.91 Å². The van der Waals surface area contributed by atoms with Crippen LogP contribution in [0.5, 0.6) is 0 Å². The number of hydrogen-bond donors (Lipinski definition) is 1. The van der Waals surface area contributed by atoms with Crippen LogP contribution in [-0.4, -0.2) is 46.7 Å². The third-order valence-corrected chi connectivity index (χ3v) is 5.88. The molecule has 1 saturated carbocycles. The van der Waals surface area contributed by atoms with Crippen LogP contribution in [0.25, 0.3) is 5.65 Å². The highest BCUT2D eigenvalue weighted by Crippen LogP contribution is 2.42. The molecule has 0 unspecified atom stereocenters. The number of aliphatic imine (C=N–C) groups is 1. The first kappa shape index (κ1) is 24.2. The van der Waals surface area contributed by atoms with Crippen molar-refractivity contribution < 1.29 is 23.2 Å². The number of carbonyl (C=O) groups excluding carboxylic acids is 2. The highest BCUT2D eigenvalue weighted by molar-refractivity contribution is 6.06. The van der Waals surface area contributed by atoms with Crippen LogP contribution in [0.15, 0.2) is 52.9 Å². The Hall–Kier alpha value is -3.95. The van der Waals surface area contributed by atoms with Gasteiger partial charge in [-0.15, -0.1) is 0 Å². The highest BCUT2D eigenvalue weighted by atomic mass is 19.3. The van der Waals surface area contributed by atoms with Crippen LogP contribution in [0.3, 0.4) is 0 Å². The van der Waals surface area contributed by atoms with Crippen molar-refractivity contribution in [2.45, 2.75) is 38.5 Å². The van der Waals surface area contributed by atoms with Crippen molar-refractivity contribution in [1.82, 2.24) is 9.38 Å². The molecule has 4 rings (SSSR count). The number of amides is 1. The Labute approximate surface area is 200 Å². The topological polar surface area (TPSA) is 97.4 Å². The summed E-state index contributed by atoms with van der Waals surface area (Å²) in [4.78, 5) is 37.2. The Kier molecular flexibility index (Phi) is 6.99. The summed E-state index contributed by atoms with van der Waals surface area (Å²) in [5, 5.41) is 6.84. The number of anilines is 1. The van der Waals surface area contributed by atoms with Gasteiger partial charge in [0.05, 0.1) is 6.20 Å². The second kappa shape index (κ2) is 10.1. The molecule has 1 N–H and O–H groups in total. The van der Waals surface area contributed by atoms with Crippen LogP contribution in [0.4, 0.5) is 14.5 Å². The number of halogens is 2. The second-order valence-electron chi connectivity index (χ2n) is 8.60. The van der Waals surface area contributed by atoms with Crippen molar-refractivity contribution >= 4 is 36.1 Å². The lowest BCUT2D eigenvalue weighted by molar-refractivity contribution is -0.128. The Morgan fingerprint density at radius 2 is 2.14 bits per heavy atom. The monoisotopic (exact) mass is 481 g/mol. The zero-order chi connectivity index (χ0) is 25.0. The number of pyridine rings is 1. The molecule has 1 aliphatic rings. The van der Waals surface area contributed by atoms with E-state index in [1.807, 2.05) is 13.0 Å². The maximum atomic E-state index is 13.1. The summed E-state index contributed by atoms with van der Waals surface area (Å²) < 4.78 is 27.6. The number of aldehydes is 1. The first-order chi connectivity index (χ1) is 16.8. The van der Waals surface area contributed by atoms with E-state index in [-0.39, 0.29) is 37.1 Å². The van der Waals surface area contributed by atoms with Crippen LogP contribution >= 0.6 is 0 Å². The molecule has 1 aliphatic carbocycles. The van der Waals surface area contributed by atoms with Crippen LogP contribution in [0, 0.1) is 12.8 Å². The quantitative estimate of drug-likeness (QED) is 0.211. The fourth-order valence-electron chi connectivity index (χ4n) is 3.93. The number of alkyl halides is 2. The van der Waals surface area contributed by atoms with Crippen molar-refractivity contribution in [3.63, 3.8) is 0 Å². The lowest BCUT2D eigenvalue weighted by atomic mass is 9.82. The molecule has 10 heteroatoms. The zero-order valence-electron chi connectivity index (χ0n) is 19.2. The molecule has 35 heavy (non-hydrogen) atoms. The predicted octanol–water partition coefficient (Wildman–Crippen LogP) is 4.45. The number of hydrogen-bond acceptors (Lipinski definition) is 5. The molecule has 2 aromatic heterocycles. The molecule has 0 spiro atoms. The first-order valence-electron chi connectivity index (χ1n) is 11.2. The van der Waals surface area contributed by atoms with Crippen molar-refractivity contribution in [2.24, 2.45) is 16.1 Å². The molecule has 2 heterocycles. The van der Waals surface area contributed by atoms with E-state index in [1.54, 1.807) is 34.9 Å². The smallest absolute Gasteiger partial charge is 0.274 e. The van der Waals surface area contributed by atoms with Gasteiger partial charge in [0, 0.05) is 42.6 Å². The van der Waals surface area contributed by atoms with E-state index in [1.165, 1.54) is 6.20 Å². The van der Waals surface area contributed by atoms with Gasteiger partial charge in [-0.2, -0.15) is 0 Å². The van der Waals surface area contributed by atoms with E-state index in [0.717, 1.165) is 17.4 Å². The number of oxime groups is 1. The van der Waals surface area contributed by atoms with E-state index in [9.17, 15) is 18.4 Å². The molecule has 0 saturated heterocycles. The number of aryl methyl sites for hydroxylation is 2. The Bertz CT molecular complexity index is 1290. The maximum Gasteiger partial charge on any atom is 0.274 e. The van der Waals surface area contributed by atoms with Gasteiger partial charge < -0.3 is 14.9 Å². The molecule has 0 bridgehead atoms. The maximum absolute atomic E-state index is 13.1. The van der Waals surface area contributed by atoms with Crippen molar-refractivity contribution in [3.05, 3.63) is 65.1 Å². The van der Waals surface area contributed by atoms with Gasteiger partial charge in [-0.25, -0.2) is 18.8 Å². The minimum absolute atomic E-state index is 0.0766. The molecule has 182 valence electrons. The van der Waals surface area contributed by atoms with Crippen LogP contribution in [0.2, 0.25) is 0 Å². The lowest BCUT2D eigenvalue weighted by Gasteiger charge is -2.33. The molecule has 1 aromatic carbocycles. The third kappa shape index (κ3) is 5.59. The largest absolute Gasteiger partial charge is 0.394 e. The Morgan fingerprint density at radius 1 is 1.34 bits per heavy atom. The predicted molar refractivity (Wildman–Crippen MR) is 128 cm³/mol. The number of amidine groups is 1. The fraction of sp³-hybridized carbons (Fsp3) is 0.320. The highest BCUT2D eigenvalue weighted by Gasteiger charge is 2.45. The van der Waals surface area contributed by atoms with E-state index < -0.39 is 5.92 Å². The first-order valence-corrected chi connectivity index (χ1v) is 11.2. The molecule has 1 amide bonds. The number of carbonyl (C=O) groups is 2. The minimum atomic E-state index is -2.61. The normalized spacial score (nSPS) is 15.5. The summed E-state index contributed by atoms with van der Waals surface area (Å²) in [5.74, 6) is -3.03. The van der Waals surface area contributed by atoms with Gasteiger partial charge in [-0.3, -0.25) is 9.20 Å². The average Bonchev–Trinajstić information content (AvgIpc) is 3.24. The van der Waals surface area contributed by atoms with Crippen molar-refractivity contribution in [1.29, 1.82) is 0 Å². The molecular weight excluding hydrogens is 456 g/mol. The number of imidazole rings is 1. The van der Waals surface area contributed by atoms with E-state index >= 15 is 0 Å². The molecule has 8 nitrogen and oxygen atoms in total. The standard InChI is InChI=1S/C25H25F2N5O3/c1-16-5-7-19(23(28-2)31-35-15-18-11-25(26,27)12-18)10-20(16)30-24(34)21-13-29-22-8-6-17(4-3-9-33)14-32(21)22/h5-10,13-14,18H,2-4,11-12,15H2,1H3,(H,30,34)/b31-23-. The number of nitrogens with zero attached hydrogens (tertiary/aromatic N) is 4. The van der Waals surface area contributed by atoms with Gasteiger partial charge in [-0.1, -0.05) is 23.4 Å². The Morgan fingerprint density at radius 3 is 2.86 bits per heavy atom. The molecule has 0 radical (unpaired) electrons. The number of nitrogens with one attached hydrogen (secondary N) is 1. The van der Waals surface area contributed by atoms with Gasteiger partial charge in [0.1, 0.15) is 24.2 Å². The zero-order valence-corrected chi connectivity index (χ0v) is 19.2. The SMILES string of the molecule is C=N/C(=N\OCC1CC(F)(F)C1)c1ccc(C)c(NC(=O)c2cnc3ccc(CCC=O)cn23)c1. The summed E-state index contributed by atoms with van der Waals surface area (Å²) in [6, 6.07) is 8.92. The summed E-state index contributed by atoms with van der Waals surface area (Å²) in [6.45, 7) is 5.43. The summed E-state index contributed by atoms with van der Waals surface area (Å²) in [7, 11) is 0. The number of fused-ring (bicyclic) bond motifs is 1. The Balaban J connectivity index is 1.49. The van der Waals surface area contributed by atoms with E-state index in [0.29, 0.717) is 35.4 Å². The van der Waals surface area contributed by atoms with Gasteiger partial charge in [0.15, 0.2) is 5.84 Å². The summed E-state index contributed by atoms with van der Waals surface area (Å²) >= 11 is 0. The van der Waals surface area contributed by atoms with Crippen LogP contribution < -0.4 is 5.32 Å².